The van der Waals surface area contributed by atoms with Crippen LogP contribution in [-0.2, 0) is 0 Å². The molecule has 0 aromatic heterocycles. The monoisotopic (exact) mass is 358 g/mol. The molecule has 2 N–H and O–H groups in total. The molecule has 1 aliphatic rings. The molecule has 0 amide bonds. The van der Waals surface area contributed by atoms with Crippen molar-refractivity contribution in [1.29, 1.82) is 0 Å². The van der Waals surface area contributed by atoms with E-state index in [0.717, 1.165) is 22.6 Å². The number of anilines is 1. The van der Waals surface area contributed by atoms with Gasteiger partial charge in [0.2, 0.25) is 0 Å². The van der Waals surface area contributed by atoms with Gasteiger partial charge in [0.15, 0.2) is 0 Å². The second-order valence-electron chi connectivity index (χ2n) is 7.03. The van der Waals surface area contributed by atoms with Gasteiger partial charge in [-0.15, -0.1) is 11.8 Å². The third-order valence-corrected chi connectivity index (χ3v) is 6.02. The van der Waals surface area contributed by atoms with Crippen molar-refractivity contribution in [2.75, 3.05) is 11.9 Å². The number of rotatable bonds is 5. The topological polar surface area (TPSA) is 75.4 Å². The summed E-state index contributed by atoms with van der Waals surface area (Å²) in [6.07, 6.45) is 0.793. The molecule has 1 heterocycles. The highest BCUT2D eigenvalue weighted by atomic mass is 32.2. The number of hydrogen-bond acceptors (Lipinski definition) is 5. The largest absolute Gasteiger partial charge is 0.396 e. The molecule has 2 aromatic carbocycles. The summed E-state index contributed by atoms with van der Waals surface area (Å²) in [5.41, 5.74) is 1.69. The Morgan fingerprint density at radius 2 is 2.00 bits per heavy atom. The number of benzene rings is 2. The van der Waals surface area contributed by atoms with Gasteiger partial charge in [-0.1, -0.05) is 32.0 Å². The Kier molecular flexibility index (Phi) is 5.01. The number of fused-ring (bicyclic) bond motifs is 1. The van der Waals surface area contributed by atoms with Crippen LogP contribution in [0, 0.1) is 15.5 Å². The van der Waals surface area contributed by atoms with Crippen molar-refractivity contribution in [3.05, 3.63) is 64.2 Å². The zero-order valence-corrected chi connectivity index (χ0v) is 15.1. The SMILES string of the molecule is CC(C)(CO)C1CC(Sc2ccccc2)c2cc([N+](=O)[O-])ccc2N1. The van der Waals surface area contributed by atoms with Gasteiger partial charge in [0.1, 0.15) is 0 Å². The lowest BCUT2D eigenvalue weighted by Gasteiger charge is -2.41. The van der Waals surface area contributed by atoms with Gasteiger partial charge >= 0.3 is 0 Å². The molecule has 5 nitrogen and oxygen atoms in total. The van der Waals surface area contributed by atoms with Crippen LogP contribution in [0.3, 0.4) is 0 Å². The number of aliphatic hydroxyl groups excluding tert-OH is 1. The van der Waals surface area contributed by atoms with E-state index in [9.17, 15) is 15.2 Å². The molecule has 3 rings (SSSR count). The smallest absolute Gasteiger partial charge is 0.269 e. The Morgan fingerprint density at radius 3 is 2.64 bits per heavy atom. The van der Waals surface area contributed by atoms with Crippen LogP contribution in [0.2, 0.25) is 0 Å². The number of nitrogens with one attached hydrogen (secondary N) is 1. The summed E-state index contributed by atoms with van der Waals surface area (Å²) >= 11 is 1.71. The minimum Gasteiger partial charge on any atom is -0.396 e. The van der Waals surface area contributed by atoms with Crippen molar-refractivity contribution >= 4 is 23.1 Å². The Bertz CT molecular complexity index is 765. The maximum atomic E-state index is 11.2. The molecule has 0 saturated heterocycles. The highest BCUT2D eigenvalue weighted by molar-refractivity contribution is 7.99. The third kappa shape index (κ3) is 3.80. The lowest BCUT2D eigenvalue weighted by Crippen LogP contribution is -2.42. The van der Waals surface area contributed by atoms with Gasteiger partial charge < -0.3 is 10.4 Å². The second kappa shape index (κ2) is 7.06. The Balaban J connectivity index is 1.98. The van der Waals surface area contributed by atoms with E-state index in [0.29, 0.717) is 0 Å². The normalized spacial score (nSPS) is 19.8. The lowest BCUT2D eigenvalue weighted by molar-refractivity contribution is -0.384. The fourth-order valence-electron chi connectivity index (χ4n) is 3.05. The first-order chi connectivity index (χ1) is 11.9. The fourth-order valence-corrected chi connectivity index (χ4v) is 4.30. The standard InChI is InChI=1S/C19H22N2O3S/c1-19(2,12-22)18-11-17(25-14-6-4-3-5-7-14)15-10-13(21(23)24)8-9-16(15)20-18/h3-10,17-18,20,22H,11-12H2,1-2H3. The zero-order valence-electron chi connectivity index (χ0n) is 14.3. The van der Waals surface area contributed by atoms with Crippen molar-refractivity contribution < 1.29 is 10.0 Å². The number of aliphatic hydroxyl groups is 1. The molecule has 132 valence electrons. The molecule has 2 unspecified atom stereocenters. The number of hydrogen-bond donors (Lipinski definition) is 2. The molecule has 0 fully saturated rings. The van der Waals surface area contributed by atoms with E-state index in [4.69, 9.17) is 0 Å². The van der Waals surface area contributed by atoms with Crippen LogP contribution >= 0.6 is 11.8 Å². The van der Waals surface area contributed by atoms with Gasteiger partial charge in [-0.05, 0) is 30.2 Å². The molecule has 2 atom stereocenters. The maximum Gasteiger partial charge on any atom is 0.269 e. The van der Waals surface area contributed by atoms with Gasteiger partial charge in [-0.2, -0.15) is 0 Å². The first kappa shape index (κ1) is 17.8. The Hall–Kier alpha value is -2.05. The molecular weight excluding hydrogens is 336 g/mol. The van der Waals surface area contributed by atoms with Crippen LogP contribution in [0.25, 0.3) is 0 Å². The van der Waals surface area contributed by atoms with Crippen molar-refractivity contribution in [2.24, 2.45) is 5.41 Å². The molecule has 1 aliphatic heterocycles. The van der Waals surface area contributed by atoms with Crippen molar-refractivity contribution in [1.82, 2.24) is 0 Å². The lowest BCUT2D eigenvalue weighted by atomic mass is 9.79. The second-order valence-corrected chi connectivity index (χ2v) is 8.30. The third-order valence-electron chi connectivity index (χ3n) is 4.74. The molecule has 0 bridgehead atoms. The fraction of sp³-hybridized carbons (Fsp3) is 0.368. The van der Waals surface area contributed by atoms with Crippen LogP contribution in [0.4, 0.5) is 11.4 Å². The number of thioether (sulfide) groups is 1. The van der Waals surface area contributed by atoms with Gasteiger partial charge in [0.05, 0.1) is 11.5 Å². The number of non-ortho nitro benzene ring substituents is 1. The van der Waals surface area contributed by atoms with E-state index >= 15 is 0 Å². The molecule has 25 heavy (non-hydrogen) atoms. The minimum atomic E-state index is -0.353. The van der Waals surface area contributed by atoms with Crippen molar-refractivity contribution in [3.8, 4) is 0 Å². The minimum absolute atomic E-state index is 0.0791. The highest BCUT2D eigenvalue weighted by Crippen LogP contribution is 2.48. The number of nitro groups is 1. The van der Waals surface area contributed by atoms with E-state index in [1.165, 1.54) is 6.07 Å². The number of nitro benzene ring substituents is 1. The molecule has 2 aromatic rings. The summed E-state index contributed by atoms with van der Waals surface area (Å²) in [4.78, 5) is 11.9. The molecule has 6 heteroatoms. The Morgan fingerprint density at radius 1 is 1.28 bits per heavy atom. The Labute approximate surface area is 151 Å². The summed E-state index contributed by atoms with van der Waals surface area (Å²) in [7, 11) is 0. The van der Waals surface area contributed by atoms with Crippen molar-refractivity contribution in [2.45, 2.75) is 36.5 Å². The highest BCUT2D eigenvalue weighted by Gasteiger charge is 2.37. The van der Waals surface area contributed by atoms with Crippen molar-refractivity contribution in [3.63, 3.8) is 0 Å². The summed E-state index contributed by atoms with van der Waals surface area (Å²) in [6.45, 7) is 4.15. The zero-order chi connectivity index (χ0) is 18.0. The quantitative estimate of drug-likeness (QED) is 0.602. The van der Waals surface area contributed by atoms with E-state index < -0.39 is 0 Å². The van der Waals surface area contributed by atoms with Gasteiger partial charge in [-0.3, -0.25) is 10.1 Å². The predicted octanol–water partition coefficient (Wildman–Crippen LogP) is 4.63. The summed E-state index contributed by atoms with van der Waals surface area (Å²) < 4.78 is 0. The first-order valence-corrected chi connectivity index (χ1v) is 9.16. The summed E-state index contributed by atoms with van der Waals surface area (Å²) in [6, 6.07) is 15.1. The summed E-state index contributed by atoms with van der Waals surface area (Å²) in [5.74, 6) is 0. The molecule has 0 spiro atoms. The van der Waals surface area contributed by atoms with Gasteiger partial charge in [0, 0.05) is 39.4 Å². The maximum absolute atomic E-state index is 11.2. The van der Waals surface area contributed by atoms with Gasteiger partial charge in [0.25, 0.3) is 5.69 Å². The van der Waals surface area contributed by atoms with E-state index in [2.05, 4.69) is 17.4 Å². The number of nitrogens with zero attached hydrogens (tertiary/aromatic N) is 1. The molecule has 0 saturated carbocycles. The van der Waals surface area contributed by atoms with Crippen LogP contribution in [0.1, 0.15) is 31.1 Å². The average Bonchev–Trinajstić information content (AvgIpc) is 2.62. The van der Waals surface area contributed by atoms with Crippen LogP contribution in [0.15, 0.2) is 53.4 Å². The molecule has 0 aliphatic carbocycles. The first-order valence-electron chi connectivity index (χ1n) is 8.28. The van der Waals surface area contributed by atoms with E-state index in [1.807, 2.05) is 32.0 Å². The average molecular weight is 358 g/mol. The predicted molar refractivity (Wildman–Crippen MR) is 101 cm³/mol. The van der Waals surface area contributed by atoms with Crippen LogP contribution in [0.5, 0.6) is 0 Å². The van der Waals surface area contributed by atoms with Crippen LogP contribution in [-0.4, -0.2) is 22.7 Å². The molecular formula is C19H22N2O3S. The molecule has 0 radical (unpaired) electrons. The summed E-state index contributed by atoms with van der Waals surface area (Å²) in [5, 5.41) is 24.5. The van der Waals surface area contributed by atoms with Gasteiger partial charge in [-0.25, -0.2) is 0 Å². The van der Waals surface area contributed by atoms with Crippen LogP contribution < -0.4 is 5.32 Å². The van der Waals surface area contributed by atoms with E-state index in [-0.39, 0.29) is 33.9 Å². The van der Waals surface area contributed by atoms with E-state index in [1.54, 1.807) is 23.9 Å².